The zero-order valence-corrected chi connectivity index (χ0v) is 24.6. The molecule has 9 nitrogen and oxygen atoms in total. The van der Waals surface area contributed by atoms with Gasteiger partial charge in [0.1, 0.15) is 30.3 Å². The molecule has 0 saturated heterocycles. The molecule has 2 N–H and O–H groups in total. The summed E-state index contributed by atoms with van der Waals surface area (Å²) < 4.78 is 10.9. The first kappa shape index (κ1) is 32.3. The van der Waals surface area contributed by atoms with Gasteiger partial charge in [0.05, 0.1) is 0 Å². The van der Waals surface area contributed by atoms with E-state index >= 15 is 0 Å². The van der Waals surface area contributed by atoms with Crippen LogP contribution in [0.4, 0.5) is 4.79 Å². The number of hydrogen-bond donors (Lipinski definition) is 2. The number of carbonyl (C=O) groups is 4. The van der Waals surface area contributed by atoms with Crippen LogP contribution in [-0.2, 0) is 36.9 Å². The zero-order valence-electron chi connectivity index (χ0n) is 24.6. The summed E-state index contributed by atoms with van der Waals surface area (Å²) in [7, 11) is 1.52. The van der Waals surface area contributed by atoms with Crippen molar-refractivity contribution in [2.45, 2.75) is 84.7 Å². The largest absolute Gasteiger partial charge is 0.459 e. The Labute approximate surface area is 237 Å². The van der Waals surface area contributed by atoms with Gasteiger partial charge in [-0.2, -0.15) is 0 Å². The predicted molar refractivity (Wildman–Crippen MR) is 153 cm³/mol. The van der Waals surface area contributed by atoms with Gasteiger partial charge in [-0.1, -0.05) is 74.5 Å². The third-order valence-corrected chi connectivity index (χ3v) is 6.03. The lowest BCUT2D eigenvalue weighted by molar-refractivity contribution is -0.156. The van der Waals surface area contributed by atoms with Crippen LogP contribution in [0.1, 0.15) is 59.1 Å². The van der Waals surface area contributed by atoms with Crippen molar-refractivity contribution in [3.05, 3.63) is 71.8 Å². The lowest BCUT2D eigenvalue weighted by Gasteiger charge is -2.30. The van der Waals surface area contributed by atoms with Crippen LogP contribution >= 0.6 is 0 Å². The molecular formula is C31H43N3O6. The molecule has 0 radical (unpaired) electrons. The van der Waals surface area contributed by atoms with E-state index < -0.39 is 47.6 Å². The number of nitrogens with one attached hydrogen (secondary N) is 2. The number of nitrogens with zero attached hydrogens (tertiary/aromatic N) is 1. The topological polar surface area (TPSA) is 114 Å². The van der Waals surface area contributed by atoms with Crippen LogP contribution in [-0.4, -0.2) is 59.6 Å². The number of alkyl carbamates (subject to hydrolysis) is 1. The number of hydrogen-bond acceptors (Lipinski definition) is 6. The van der Waals surface area contributed by atoms with E-state index in [2.05, 4.69) is 10.6 Å². The third-order valence-electron chi connectivity index (χ3n) is 6.03. The van der Waals surface area contributed by atoms with E-state index in [1.54, 1.807) is 27.7 Å². The third kappa shape index (κ3) is 11.1. The molecule has 218 valence electrons. The number of carbonyl (C=O) groups excluding carboxylic acids is 4. The molecule has 0 heterocycles. The molecule has 0 saturated carbocycles. The number of esters is 1. The minimum absolute atomic E-state index is 0.0759. The van der Waals surface area contributed by atoms with E-state index in [1.165, 1.54) is 11.9 Å². The maximum Gasteiger partial charge on any atom is 0.408 e. The van der Waals surface area contributed by atoms with Gasteiger partial charge < -0.3 is 25.0 Å². The van der Waals surface area contributed by atoms with Crippen LogP contribution in [0.5, 0.6) is 0 Å². The highest BCUT2D eigenvalue weighted by Gasteiger charge is 2.33. The molecule has 2 aromatic rings. The van der Waals surface area contributed by atoms with Crippen LogP contribution < -0.4 is 10.6 Å². The molecule has 0 aliphatic rings. The highest BCUT2D eigenvalue weighted by Crippen LogP contribution is 2.14. The molecule has 3 amide bonds. The van der Waals surface area contributed by atoms with Crippen molar-refractivity contribution in [2.75, 3.05) is 7.05 Å². The fraction of sp³-hybridized carbons (Fsp3) is 0.484. The molecule has 0 fully saturated rings. The highest BCUT2D eigenvalue weighted by atomic mass is 16.6. The van der Waals surface area contributed by atoms with Gasteiger partial charge in [0.2, 0.25) is 11.8 Å². The van der Waals surface area contributed by atoms with Gasteiger partial charge >= 0.3 is 12.1 Å². The van der Waals surface area contributed by atoms with Crippen LogP contribution in [0.3, 0.4) is 0 Å². The maximum absolute atomic E-state index is 13.4. The van der Waals surface area contributed by atoms with Crippen LogP contribution in [0.2, 0.25) is 0 Å². The molecule has 3 atom stereocenters. The van der Waals surface area contributed by atoms with E-state index in [4.69, 9.17) is 9.47 Å². The van der Waals surface area contributed by atoms with Gasteiger partial charge in [-0.05, 0) is 51.2 Å². The molecule has 0 aliphatic heterocycles. The van der Waals surface area contributed by atoms with E-state index in [-0.39, 0.29) is 18.9 Å². The average molecular weight is 554 g/mol. The van der Waals surface area contributed by atoms with Gasteiger partial charge in [-0.25, -0.2) is 9.59 Å². The highest BCUT2D eigenvalue weighted by molar-refractivity contribution is 5.92. The zero-order chi connectivity index (χ0) is 29.9. The smallest absolute Gasteiger partial charge is 0.408 e. The second kappa shape index (κ2) is 15.1. The Bertz CT molecular complexity index is 1110. The lowest BCUT2D eigenvalue weighted by atomic mass is 10.0. The summed E-state index contributed by atoms with van der Waals surface area (Å²) >= 11 is 0. The molecule has 0 spiro atoms. The summed E-state index contributed by atoms with van der Waals surface area (Å²) in [5.74, 6) is -1.44. The number of rotatable bonds is 12. The van der Waals surface area contributed by atoms with Gasteiger partial charge in [0.25, 0.3) is 0 Å². The minimum atomic E-state index is -0.965. The van der Waals surface area contributed by atoms with Crippen molar-refractivity contribution in [2.24, 2.45) is 5.92 Å². The van der Waals surface area contributed by atoms with Crippen molar-refractivity contribution in [1.29, 1.82) is 0 Å². The van der Waals surface area contributed by atoms with Crippen LogP contribution in [0.15, 0.2) is 60.7 Å². The number of amides is 3. The second-order valence-corrected chi connectivity index (χ2v) is 11.3. The summed E-state index contributed by atoms with van der Waals surface area (Å²) in [5.41, 5.74) is 0.967. The Kier molecular flexibility index (Phi) is 12.2. The quantitative estimate of drug-likeness (QED) is 0.380. The van der Waals surface area contributed by atoms with Gasteiger partial charge in [-0.3, -0.25) is 9.59 Å². The molecular weight excluding hydrogens is 510 g/mol. The first-order valence-corrected chi connectivity index (χ1v) is 13.6. The van der Waals surface area contributed by atoms with Gasteiger partial charge in [0, 0.05) is 13.5 Å². The van der Waals surface area contributed by atoms with Gasteiger partial charge in [0.15, 0.2) is 0 Å². The van der Waals surface area contributed by atoms with Crippen LogP contribution in [0, 0.1) is 5.92 Å². The Morgan fingerprint density at radius 2 is 1.40 bits per heavy atom. The van der Waals surface area contributed by atoms with Crippen molar-refractivity contribution in [3.63, 3.8) is 0 Å². The molecule has 0 bridgehead atoms. The fourth-order valence-corrected chi connectivity index (χ4v) is 4.03. The summed E-state index contributed by atoms with van der Waals surface area (Å²) in [6, 6.07) is 15.9. The average Bonchev–Trinajstić information content (AvgIpc) is 2.89. The first-order chi connectivity index (χ1) is 18.8. The monoisotopic (exact) mass is 553 g/mol. The van der Waals surface area contributed by atoms with Crippen LogP contribution in [0.25, 0.3) is 0 Å². The molecule has 9 heteroatoms. The number of likely N-dealkylation sites (N-methyl/N-ethyl adjacent to an activating group) is 1. The van der Waals surface area contributed by atoms with E-state index in [9.17, 15) is 19.2 Å². The Balaban J connectivity index is 2.14. The molecule has 0 aliphatic carbocycles. The lowest BCUT2D eigenvalue weighted by Crippen LogP contribution is -2.56. The Morgan fingerprint density at radius 1 is 0.850 bits per heavy atom. The predicted octanol–water partition coefficient (Wildman–Crippen LogP) is 4.24. The standard InChI is InChI=1S/C31H43N3O6/c1-21(2)18-25(33-30(38)40-31(4,5)6)27(35)32-22(3)28(36)34(7)26(19-23-14-10-8-11-15-23)29(37)39-20-24-16-12-9-13-17-24/h8-17,21-22,25-26H,18-20H2,1-7H3,(H,32,35)(H,33,38)/t22-,25-,26+/m0/s1. The van der Waals surface area contributed by atoms with Crippen molar-refractivity contribution in [3.8, 4) is 0 Å². The molecule has 0 aromatic heterocycles. The number of ether oxygens (including phenoxy) is 2. The molecule has 2 rings (SSSR count). The maximum atomic E-state index is 13.4. The molecule has 40 heavy (non-hydrogen) atoms. The summed E-state index contributed by atoms with van der Waals surface area (Å²) in [4.78, 5) is 53.4. The SMILES string of the molecule is CC(C)C[C@H](NC(=O)OC(C)(C)C)C(=O)N[C@@H](C)C(=O)N(C)[C@H](Cc1ccccc1)C(=O)OCc1ccccc1. The first-order valence-electron chi connectivity index (χ1n) is 13.6. The van der Waals surface area contributed by atoms with Crippen molar-refractivity contribution < 1.29 is 28.7 Å². The summed E-state index contributed by atoms with van der Waals surface area (Å²) in [6.45, 7) is 10.7. The second-order valence-electron chi connectivity index (χ2n) is 11.3. The normalized spacial score (nSPS) is 13.5. The Hall–Kier alpha value is -3.88. The van der Waals surface area contributed by atoms with Crippen molar-refractivity contribution in [1.82, 2.24) is 15.5 Å². The number of benzene rings is 2. The minimum Gasteiger partial charge on any atom is -0.459 e. The summed E-state index contributed by atoms with van der Waals surface area (Å²) in [6.07, 6.45) is -0.119. The molecule has 2 aromatic carbocycles. The summed E-state index contributed by atoms with van der Waals surface area (Å²) in [5, 5.41) is 5.31. The molecule has 0 unspecified atom stereocenters. The van der Waals surface area contributed by atoms with E-state index in [1.807, 2.05) is 74.5 Å². The Morgan fingerprint density at radius 3 is 1.93 bits per heavy atom. The van der Waals surface area contributed by atoms with E-state index in [0.29, 0.717) is 6.42 Å². The fourth-order valence-electron chi connectivity index (χ4n) is 4.03. The van der Waals surface area contributed by atoms with E-state index in [0.717, 1.165) is 11.1 Å². The van der Waals surface area contributed by atoms with Crippen molar-refractivity contribution >= 4 is 23.9 Å². The van der Waals surface area contributed by atoms with Gasteiger partial charge in [-0.15, -0.1) is 0 Å².